The maximum atomic E-state index is 11.1. The molecule has 0 amide bonds. The zero-order chi connectivity index (χ0) is 14.1. The summed E-state index contributed by atoms with van der Waals surface area (Å²) in [7, 11) is 0. The highest BCUT2D eigenvalue weighted by Gasteiger charge is 2.24. The summed E-state index contributed by atoms with van der Waals surface area (Å²) in [4.78, 5) is 15.3. The Morgan fingerprint density at radius 3 is 2.05 bits per heavy atom. The number of hydrogen-bond acceptors (Lipinski definition) is 3. The molecule has 20 heavy (non-hydrogen) atoms. The van der Waals surface area contributed by atoms with Crippen molar-refractivity contribution < 1.29 is 9.90 Å². The van der Waals surface area contributed by atoms with Crippen molar-refractivity contribution in [3.05, 3.63) is 60.7 Å². The Balaban J connectivity index is 2.08. The van der Waals surface area contributed by atoms with Gasteiger partial charge in [0.2, 0.25) is 0 Å². The summed E-state index contributed by atoms with van der Waals surface area (Å²) in [5.41, 5.74) is 2.23. The molecule has 0 aliphatic carbocycles. The summed E-state index contributed by atoms with van der Waals surface area (Å²) in [6, 6.07) is 16.0. The lowest BCUT2D eigenvalue weighted by atomic mass is 10.2. The molecule has 0 saturated carbocycles. The number of benzene rings is 2. The normalized spacial score (nSPS) is 12.5. The van der Waals surface area contributed by atoms with Crippen LogP contribution < -0.4 is 4.90 Å². The first-order valence-corrected chi connectivity index (χ1v) is 7.03. The fourth-order valence-corrected chi connectivity index (χ4v) is 3.31. The number of rotatable bonds is 3. The molecule has 4 heteroatoms. The molecule has 0 radical (unpaired) electrons. The summed E-state index contributed by atoms with van der Waals surface area (Å²) >= 11 is 1.70. The summed E-state index contributed by atoms with van der Waals surface area (Å²) in [6.07, 6.45) is 0. The zero-order valence-electron chi connectivity index (χ0n) is 10.7. The number of nitrogens with zero attached hydrogens (tertiary/aromatic N) is 1. The van der Waals surface area contributed by atoms with Crippen molar-refractivity contribution in [2.24, 2.45) is 0 Å². The molecule has 3 nitrogen and oxygen atoms in total. The average Bonchev–Trinajstić information content (AvgIpc) is 2.46. The highest BCUT2D eigenvalue weighted by molar-refractivity contribution is 7.99. The summed E-state index contributed by atoms with van der Waals surface area (Å²) in [5, 5.41) is 9.08. The molecule has 0 spiro atoms. The Bertz CT molecular complexity index is 651. The Labute approximate surface area is 121 Å². The quantitative estimate of drug-likeness (QED) is 0.866. The standard InChI is InChI=1S/C16H13NO2S/c1-11(16(18)19)10-17-12-6-2-4-8-14(12)20-15-9-5-3-7-13(15)17/h2-9H,1,10H2,(H,18,19). The molecule has 100 valence electrons. The van der Waals surface area contributed by atoms with E-state index in [1.54, 1.807) is 11.8 Å². The SMILES string of the molecule is C=C(CN1c2ccccc2Sc2ccccc21)C(=O)O. The largest absolute Gasteiger partial charge is 0.478 e. The van der Waals surface area contributed by atoms with E-state index in [0.717, 1.165) is 21.2 Å². The minimum atomic E-state index is -0.960. The van der Waals surface area contributed by atoms with Crippen LogP contribution >= 0.6 is 11.8 Å². The maximum absolute atomic E-state index is 11.1. The molecule has 0 atom stereocenters. The van der Waals surface area contributed by atoms with Crippen LogP contribution in [0.25, 0.3) is 0 Å². The van der Waals surface area contributed by atoms with Gasteiger partial charge in [0, 0.05) is 15.4 Å². The van der Waals surface area contributed by atoms with Crippen LogP contribution in [0.15, 0.2) is 70.5 Å². The van der Waals surface area contributed by atoms with Crippen LogP contribution in [0, 0.1) is 0 Å². The van der Waals surface area contributed by atoms with Crippen LogP contribution in [-0.2, 0) is 4.79 Å². The van der Waals surface area contributed by atoms with Crippen molar-refractivity contribution in [1.29, 1.82) is 0 Å². The molecular formula is C16H13NO2S. The number of carbonyl (C=O) groups is 1. The molecule has 0 saturated heterocycles. The molecule has 0 aromatic heterocycles. The van der Waals surface area contributed by atoms with Gasteiger partial charge in [-0.15, -0.1) is 0 Å². The molecule has 2 aromatic carbocycles. The fourth-order valence-electron chi connectivity index (χ4n) is 2.21. The number of hydrogen-bond donors (Lipinski definition) is 1. The number of carboxylic acids is 1. The van der Waals surface area contributed by atoms with Crippen molar-refractivity contribution in [2.45, 2.75) is 9.79 Å². The lowest BCUT2D eigenvalue weighted by molar-refractivity contribution is -0.132. The summed E-state index contributed by atoms with van der Waals surface area (Å²) in [5.74, 6) is -0.960. The minimum Gasteiger partial charge on any atom is -0.478 e. The molecule has 0 bridgehead atoms. The first-order valence-electron chi connectivity index (χ1n) is 6.21. The van der Waals surface area contributed by atoms with Gasteiger partial charge in [-0.1, -0.05) is 42.6 Å². The van der Waals surface area contributed by atoms with Gasteiger partial charge in [-0.3, -0.25) is 0 Å². The molecule has 3 rings (SSSR count). The minimum absolute atomic E-state index is 0.182. The average molecular weight is 283 g/mol. The predicted molar refractivity (Wildman–Crippen MR) is 80.8 cm³/mol. The van der Waals surface area contributed by atoms with E-state index in [4.69, 9.17) is 5.11 Å². The lowest BCUT2D eigenvalue weighted by Crippen LogP contribution is -2.25. The third-order valence-electron chi connectivity index (χ3n) is 3.18. The highest BCUT2D eigenvalue weighted by Crippen LogP contribution is 2.47. The van der Waals surface area contributed by atoms with Crippen LogP contribution in [0.4, 0.5) is 11.4 Å². The van der Waals surface area contributed by atoms with Gasteiger partial charge in [-0.05, 0) is 24.3 Å². The van der Waals surface area contributed by atoms with Gasteiger partial charge in [0.05, 0.1) is 17.9 Å². The van der Waals surface area contributed by atoms with Crippen LogP contribution in [0.2, 0.25) is 0 Å². The van der Waals surface area contributed by atoms with Crippen molar-refractivity contribution in [1.82, 2.24) is 0 Å². The van der Waals surface area contributed by atoms with Gasteiger partial charge in [0.1, 0.15) is 0 Å². The second kappa shape index (κ2) is 5.06. The molecule has 0 fully saturated rings. The van der Waals surface area contributed by atoms with E-state index in [1.807, 2.05) is 53.4 Å². The van der Waals surface area contributed by atoms with Crippen molar-refractivity contribution >= 4 is 29.1 Å². The van der Waals surface area contributed by atoms with Crippen LogP contribution in [-0.4, -0.2) is 17.6 Å². The van der Waals surface area contributed by atoms with Gasteiger partial charge < -0.3 is 10.0 Å². The van der Waals surface area contributed by atoms with Gasteiger partial charge in [0.25, 0.3) is 0 Å². The molecular weight excluding hydrogens is 270 g/mol. The fraction of sp³-hybridized carbons (Fsp3) is 0.0625. The van der Waals surface area contributed by atoms with Crippen molar-refractivity contribution in [3.8, 4) is 0 Å². The number of fused-ring (bicyclic) bond motifs is 2. The lowest BCUT2D eigenvalue weighted by Gasteiger charge is -2.32. The molecule has 1 heterocycles. The number of aliphatic carboxylic acids is 1. The van der Waals surface area contributed by atoms with Crippen LogP contribution in [0.5, 0.6) is 0 Å². The van der Waals surface area contributed by atoms with E-state index in [1.165, 1.54) is 0 Å². The van der Waals surface area contributed by atoms with E-state index in [2.05, 4.69) is 6.58 Å². The predicted octanol–water partition coefficient (Wildman–Crippen LogP) is 3.93. The monoisotopic (exact) mass is 283 g/mol. The first-order chi connectivity index (χ1) is 9.66. The van der Waals surface area contributed by atoms with Gasteiger partial charge in [-0.2, -0.15) is 0 Å². The summed E-state index contributed by atoms with van der Waals surface area (Å²) < 4.78 is 0. The van der Waals surface area contributed by atoms with Crippen molar-refractivity contribution in [2.75, 3.05) is 11.4 Å². The Hall–Kier alpha value is -2.20. The Morgan fingerprint density at radius 1 is 1.05 bits per heavy atom. The molecule has 1 N–H and O–H groups in total. The van der Waals surface area contributed by atoms with E-state index in [0.29, 0.717) is 0 Å². The van der Waals surface area contributed by atoms with E-state index >= 15 is 0 Å². The molecule has 1 aliphatic heterocycles. The van der Waals surface area contributed by atoms with E-state index in [-0.39, 0.29) is 12.1 Å². The van der Waals surface area contributed by atoms with Gasteiger partial charge >= 0.3 is 5.97 Å². The first kappa shape index (κ1) is 12.8. The zero-order valence-corrected chi connectivity index (χ0v) is 11.6. The number of para-hydroxylation sites is 2. The number of carboxylic acid groups (broad SMARTS) is 1. The van der Waals surface area contributed by atoms with Gasteiger partial charge in [0.15, 0.2) is 0 Å². The number of anilines is 2. The van der Waals surface area contributed by atoms with Crippen LogP contribution in [0.1, 0.15) is 0 Å². The van der Waals surface area contributed by atoms with Gasteiger partial charge in [-0.25, -0.2) is 4.79 Å². The molecule has 2 aromatic rings. The second-order valence-electron chi connectivity index (χ2n) is 4.53. The Morgan fingerprint density at radius 2 is 1.55 bits per heavy atom. The summed E-state index contributed by atoms with van der Waals surface area (Å²) in [6.45, 7) is 3.93. The topological polar surface area (TPSA) is 40.5 Å². The van der Waals surface area contributed by atoms with E-state index < -0.39 is 5.97 Å². The maximum Gasteiger partial charge on any atom is 0.332 e. The molecule has 0 unspecified atom stereocenters. The third-order valence-corrected chi connectivity index (χ3v) is 4.31. The van der Waals surface area contributed by atoms with E-state index in [9.17, 15) is 4.79 Å². The van der Waals surface area contributed by atoms with Crippen LogP contribution in [0.3, 0.4) is 0 Å². The molecule has 1 aliphatic rings. The van der Waals surface area contributed by atoms with Crippen molar-refractivity contribution in [3.63, 3.8) is 0 Å². The smallest absolute Gasteiger partial charge is 0.332 e. The highest BCUT2D eigenvalue weighted by atomic mass is 32.2. The Kier molecular flexibility index (Phi) is 3.24. The second-order valence-corrected chi connectivity index (χ2v) is 5.62. The third kappa shape index (κ3) is 2.18.